The summed E-state index contributed by atoms with van der Waals surface area (Å²) in [4.78, 5) is 0. The van der Waals surface area contributed by atoms with Crippen molar-refractivity contribution < 1.29 is 31.8 Å². The van der Waals surface area contributed by atoms with Crippen LogP contribution in [-0.4, -0.2) is 54.8 Å². The van der Waals surface area contributed by atoms with E-state index in [0.717, 1.165) is 0 Å². The summed E-state index contributed by atoms with van der Waals surface area (Å²) in [5.74, 6) is 0. The average Bonchev–Trinajstić information content (AvgIpc) is 1.12. The first kappa shape index (κ1) is 22.9. The molecule has 9 nitrogen and oxygen atoms in total. The number of hydrogen-bond donors (Lipinski definition) is 3. The second-order valence-corrected chi connectivity index (χ2v) is 2.91. The molecule has 0 bridgehead atoms. The summed E-state index contributed by atoms with van der Waals surface area (Å²) in [7, 11) is -8.83. The summed E-state index contributed by atoms with van der Waals surface area (Å²) >= 11 is 0. The minimum atomic E-state index is -4.67. The number of hydrogen-bond acceptors (Lipinski definition) is 6. The van der Waals surface area contributed by atoms with Crippen LogP contribution in [-0.2, 0) is 20.6 Å². The van der Waals surface area contributed by atoms with Crippen LogP contribution in [0.25, 0.3) is 0 Å². The molecule has 0 aromatic rings. The van der Waals surface area contributed by atoms with E-state index >= 15 is 0 Å². The second kappa shape index (κ2) is 8.08. The molecule has 6 N–H and O–H groups in total. The smallest absolute Gasteiger partial charge is 0.775 e. The molecule has 72 valence electrons. The molecule has 0 aliphatic carbocycles. The zero-order chi connectivity index (χ0) is 9.00. The minimum Gasteiger partial charge on any atom is -0.775 e. The van der Waals surface area contributed by atoms with Crippen LogP contribution < -0.4 is 5.14 Å². The first-order valence-electron chi connectivity index (χ1n) is 1.46. The van der Waals surface area contributed by atoms with E-state index in [-0.39, 0.29) is 28.5 Å². The summed E-state index contributed by atoms with van der Waals surface area (Å²) in [5.41, 5.74) is 0. The van der Waals surface area contributed by atoms with Crippen LogP contribution in [0.3, 0.4) is 0 Å². The van der Waals surface area contributed by atoms with Gasteiger partial charge in [-0.05, 0) is 0 Å². The Morgan fingerprint density at radius 2 is 1.25 bits per heavy atom. The van der Waals surface area contributed by atoms with Gasteiger partial charge in [-0.3, -0.25) is 13.5 Å². The van der Waals surface area contributed by atoms with Crippen LogP contribution in [0.5, 0.6) is 0 Å². The Morgan fingerprint density at radius 1 is 1.25 bits per heavy atom. The molecule has 0 amide bonds. The molecule has 0 aromatic carbocycles. The van der Waals surface area contributed by atoms with Crippen LogP contribution in [0.1, 0.15) is 0 Å². The predicted octanol–water partition coefficient (Wildman–Crippen LogP) is -3.16. The van der Waals surface area contributed by atoms with E-state index in [4.69, 9.17) is 31.1 Å². The van der Waals surface area contributed by atoms with Crippen molar-refractivity contribution in [2.75, 3.05) is 0 Å². The van der Waals surface area contributed by atoms with E-state index in [1.807, 2.05) is 0 Å². The normalized spacial score (nSPS) is 9.67. The first-order chi connectivity index (χ1) is 4.00. The predicted molar refractivity (Wildman–Crippen MR) is 37.5 cm³/mol. The van der Waals surface area contributed by atoms with Gasteiger partial charge < -0.3 is 14.6 Å². The summed E-state index contributed by atoms with van der Waals surface area (Å²) in [6.45, 7) is 0. The number of nitrogens with one attached hydrogen (secondary N) is 1. The molecule has 0 aliphatic heterocycles. The quantitative estimate of drug-likeness (QED) is 0.291. The molecule has 0 aliphatic rings. The molecule has 12 heteroatoms. The van der Waals surface area contributed by atoms with Gasteiger partial charge >= 0.3 is 33.4 Å². The molecule has 0 saturated carbocycles. The van der Waals surface area contributed by atoms with Crippen molar-refractivity contribution in [2.24, 2.45) is 5.14 Å². The van der Waals surface area contributed by atoms with Crippen molar-refractivity contribution in [1.82, 2.24) is 0 Å². The SMILES string of the molecule is N=S(=O)([O-])[O-].NS(=O)(=O)O.O.[Mg+2]. The van der Waals surface area contributed by atoms with Gasteiger partial charge in [0.25, 0.3) is 0 Å². The molecular weight excluding hydrogens is 228 g/mol. The first-order valence-corrected chi connectivity index (χ1v) is 4.37. The Morgan fingerprint density at radius 3 is 1.25 bits per heavy atom. The van der Waals surface area contributed by atoms with E-state index in [1.54, 1.807) is 0 Å². The molecule has 0 radical (unpaired) electrons. The van der Waals surface area contributed by atoms with Crippen LogP contribution in [0, 0.1) is 4.78 Å². The third kappa shape index (κ3) is 4310. The van der Waals surface area contributed by atoms with Crippen molar-refractivity contribution >= 4 is 43.6 Å². The Labute approximate surface area is 85.3 Å². The van der Waals surface area contributed by atoms with Crippen LogP contribution in [0.2, 0.25) is 0 Å². The molecule has 0 rings (SSSR count). The topological polar surface area (TPSA) is 199 Å². The molecule has 0 spiro atoms. The molecule has 12 heavy (non-hydrogen) atoms. The van der Waals surface area contributed by atoms with E-state index in [2.05, 4.69) is 5.14 Å². The van der Waals surface area contributed by atoms with Crippen molar-refractivity contribution in [2.45, 2.75) is 0 Å². The number of rotatable bonds is 0. The maximum Gasteiger partial charge on any atom is 2.00 e. The molecule has 0 aromatic heterocycles. The summed E-state index contributed by atoms with van der Waals surface area (Å²) in [5, 5.41) is 3.88. The van der Waals surface area contributed by atoms with Gasteiger partial charge in [-0.1, -0.05) is 10.3 Å². The summed E-state index contributed by atoms with van der Waals surface area (Å²) < 4.78 is 56.8. The van der Waals surface area contributed by atoms with E-state index < -0.39 is 20.6 Å². The van der Waals surface area contributed by atoms with E-state index in [0.29, 0.717) is 0 Å². The second-order valence-electron chi connectivity index (χ2n) is 0.969. The Balaban J connectivity index is -0.0000000457. The van der Waals surface area contributed by atoms with Gasteiger partial charge in [0.2, 0.25) is 0 Å². The summed E-state index contributed by atoms with van der Waals surface area (Å²) in [6.07, 6.45) is 0. The maximum atomic E-state index is 8.97. The molecule has 0 fully saturated rings. The van der Waals surface area contributed by atoms with E-state index in [1.165, 1.54) is 0 Å². The van der Waals surface area contributed by atoms with Crippen molar-refractivity contribution in [3.05, 3.63) is 0 Å². The van der Waals surface area contributed by atoms with Crippen molar-refractivity contribution in [3.63, 3.8) is 0 Å². The largest absolute Gasteiger partial charge is 2.00 e. The molecule has 0 atom stereocenters. The van der Waals surface area contributed by atoms with Gasteiger partial charge in [-0.15, -0.1) is 0 Å². The van der Waals surface area contributed by atoms with Gasteiger partial charge in [0, 0.05) is 0 Å². The van der Waals surface area contributed by atoms with Gasteiger partial charge in [0.15, 0.2) is 0 Å². The molecule has 0 saturated heterocycles. The third-order valence-electron chi connectivity index (χ3n) is 0. The van der Waals surface area contributed by atoms with Crippen molar-refractivity contribution in [3.8, 4) is 0 Å². The van der Waals surface area contributed by atoms with E-state index in [9.17, 15) is 0 Å². The Kier molecular flexibility index (Phi) is 15.4. The van der Waals surface area contributed by atoms with Crippen LogP contribution in [0.4, 0.5) is 0 Å². The van der Waals surface area contributed by atoms with Crippen molar-refractivity contribution in [1.29, 1.82) is 4.78 Å². The summed E-state index contributed by atoms with van der Waals surface area (Å²) in [6, 6.07) is 0. The Bertz CT molecular complexity index is 216. The molecule has 0 heterocycles. The van der Waals surface area contributed by atoms with Crippen LogP contribution in [0.15, 0.2) is 0 Å². The Hall–Kier alpha value is 0.466. The fourth-order valence-corrected chi connectivity index (χ4v) is 0. The standard InChI is InChI=1S/Mg.2H3NO3S.H2O/c;2*1-5(2,3)4;/h;2*(H3,1,2,3,4);1H2/q+2;;;/p-2. The van der Waals surface area contributed by atoms with Crippen LogP contribution >= 0.6 is 0 Å². The maximum absolute atomic E-state index is 8.97. The van der Waals surface area contributed by atoms with Gasteiger partial charge in [-0.25, -0.2) is 5.14 Å². The molecule has 0 unspecified atom stereocenters. The fourth-order valence-electron chi connectivity index (χ4n) is 0. The minimum absolute atomic E-state index is 0. The molecular formula is H6MgN2O7S2. The monoisotopic (exact) mass is 234 g/mol. The third-order valence-corrected chi connectivity index (χ3v) is 0. The number of nitrogens with two attached hydrogens (primary N) is 1. The average molecular weight is 234 g/mol. The fraction of sp³-hybridized carbons (Fsp3) is 0. The van der Waals surface area contributed by atoms with Gasteiger partial charge in [-0.2, -0.15) is 8.42 Å². The zero-order valence-electron chi connectivity index (χ0n) is 5.59. The zero-order valence-corrected chi connectivity index (χ0v) is 8.64. The van der Waals surface area contributed by atoms with Gasteiger partial charge in [0.1, 0.15) is 0 Å². The van der Waals surface area contributed by atoms with Gasteiger partial charge in [0.05, 0.1) is 0 Å².